The number of hydrogen-bond acceptors (Lipinski definition) is 3. The van der Waals surface area contributed by atoms with E-state index in [-0.39, 0.29) is 11.3 Å². The molecule has 132 valence electrons. The maximum absolute atomic E-state index is 12.6. The van der Waals surface area contributed by atoms with Crippen LogP contribution >= 0.6 is 0 Å². The Morgan fingerprint density at radius 1 is 1.17 bits per heavy atom. The molecule has 2 aliphatic heterocycles. The van der Waals surface area contributed by atoms with E-state index in [4.69, 9.17) is 0 Å². The SMILES string of the molecule is CC(C)(C)c1ccccc1C1CCN(C(=O)[C@@H]2NCC[C@H]2O)CC1. The zero-order chi connectivity index (χ0) is 17.3. The predicted octanol–water partition coefficient (Wildman–Crippen LogP) is 2.41. The van der Waals surface area contributed by atoms with Crippen molar-refractivity contribution in [2.75, 3.05) is 19.6 Å². The molecule has 4 nitrogen and oxygen atoms in total. The van der Waals surface area contributed by atoms with Gasteiger partial charge in [-0.05, 0) is 48.3 Å². The maximum atomic E-state index is 12.6. The molecule has 1 aromatic carbocycles. The summed E-state index contributed by atoms with van der Waals surface area (Å²) < 4.78 is 0. The van der Waals surface area contributed by atoms with Gasteiger partial charge in [0.05, 0.1) is 6.10 Å². The number of benzene rings is 1. The lowest BCUT2D eigenvalue weighted by Crippen LogP contribution is -2.50. The van der Waals surface area contributed by atoms with Crippen LogP contribution < -0.4 is 5.32 Å². The lowest BCUT2D eigenvalue weighted by atomic mass is 9.77. The second-order valence-corrected chi connectivity index (χ2v) is 8.22. The van der Waals surface area contributed by atoms with Gasteiger partial charge in [-0.3, -0.25) is 4.79 Å². The van der Waals surface area contributed by atoms with E-state index in [1.807, 2.05) is 4.90 Å². The first-order valence-electron chi connectivity index (χ1n) is 9.17. The summed E-state index contributed by atoms with van der Waals surface area (Å²) in [5, 5.41) is 13.1. The third kappa shape index (κ3) is 3.50. The zero-order valence-corrected chi connectivity index (χ0v) is 15.1. The third-order valence-corrected chi connectivity index (χ3v) is 5.47. The molecule has 0 unspecified atom stereocenters. The molecule has 1 amide bonds. The standard InChI is InChI=1S/C20H30N2O2/c1-20(2,3)16-7-5-4-6-15(16)14-9-12-22(13-10-14)19(24)18-17(23)8-11-21-18/h4-7,14,17-18,21,23H,8-13H2,1-3H3/t17-,18-/m1/s1. The van der Waals surface area contributed by atoms with Crippen LogP contribution in [0.25, 0.3) is 0 Å². The minimum absolute atomic E-state index is 0.0718. The molecule has 3 rings (SSSR count). The summed E-state index contributed by atoms with van der Waals surface area (Å²) in [4.78, 5) is 14.5. The van der Waals surface area contributed by atoms with Crippen molar-refractivity contribution in [1.29, 1.82) is 0 Å². The summed E-state index contributed by atoms with van der Waals surface area (Å²) in [6.07, 6.45) is 2.15. The fourth-order valence-electron chi connectivity index (χ4n) is 4.08. The second kappa shape index (κ2) is 6.85. The summed E-state index contributed by atoms with van der Waals surface area (Å²) >= 11 is 0. The van der Waals surface area contributed by atoms with Gasteiger partial charge in [-0.1, -0.05) is 45.0 Å². The Morgan fingerprint density at radius 3 is 2.42 bits per heavy atom. The van der Waals surface area contributed by atoms with Gasteiger partial charge in [-0.15, -0.1) is 0 Å². The Hall–Kier alpha value is -1.39. The highest BCUT2D eigenvalue weighted by molar-refractivity contribution is 5.83. The minimum atomic E-state index is -0.531. The number of nitrogens with zero attached hydrogens (tertiary/aromatic N) is 1. The van der Waals surface area contributed by atoms with Crippen molar-refractivity contribution in [3.05, 3.63) is 35.4 Å². The van der Waals surface area contributed by atoms with Crippen molar-refractivity contribution < 1.29 is 9.90 Å². The van der Waals surface area contributed by atoms with Crippen LogP contribution in [0, 0.1) is 0 Å². The molecule has 2 aliphatic rings. The summed E-state index contributed by atoms with van der Waals surface area (Å²) in [7, 11) is 0. The molecule has 24 heavy (non-hydrogen) atoms. The quantitative estimate of drug-likeness (QED) is 0.875. The van der Waals surface area contributed by atoms with Crippen LogP contribution in [0.2, 0.25) is 0 Å². The fraction of sp³-hybridized carbons (Fsp3) is 0.650. The van der Waals surface area contributed by atoms with E-state index >= 15 is 0 Å². The van der Waals surface area contributed by atoms with Crippen molar-refractivity contribution in [3.63, 3.8) is 0 Å². The van der Waals surface area contributed by atoms with E-state index in [0.29, 0.717) is 12.3 Å². The Balaban J connectivity index is 1.67. The average Bonchev–Trinajstić information content (AvgIpc) is 2.99. The van der Waals surface area contributed by atoms with Crippen molar-refractivity contribution in [1.82, 2.24) is 10.2 Å². The molecule has 2 atom stereocenters. The number of nitrogens with one attached hydrogen (secondary N) is 1. The highest BCUT2D eigenvalue weighted by atomic mass is 16.3. The van der Waals surface area contributed by atoms with Gasteiger partial charge in [0.2, 0.25) is 5.91 Å². The van der Waals surface area contributed by atoms with E-state index in [1.54, 1.807) is 0 Å². The first-order chi connectivity index (χ1) is 11.4. The number of rotatable bonds is 2. The number of likely N-dealkylation sites (tertiary alicyclic amines) is 1. The summed E-state index contributed by atoms with van der Waals surface area (Å²) in [5.41, 5.74) is 3.00. The van der Waals surface area contributed by atoms with Crippen LogP contribution in [0.5, 0.6) is 0 Å². The molecular formula is C20H30N2O2. The molecule has 1 aromatic rings. The number of amides is 1. The van der Waals surface area contributed by atoms with Gasteiger partial charge in [0.1, 0.15) is 6.04 Å². The van der Waals surface area contributed by atoms with Gasteiger partial charge in [0.25, 0.3) is 0 Å². The second-order valence-electron chi connectivity index (χ2n) is 8.22. The highest BCUT2D eigenvalue weighted by Crippen LogP contribution is 2.35. The average molecular weight is 330 g/mol. The van der Waals surface area contributed by atoms with E-state index in [0.717, 1.165) is 32.5 Å². The topological polar surface area (TPSA) is 52.6 Å². The van der Waals surface area contributed by atoms with E-state index in [2.05, 4.69) is 50.4 Å². The molecule has 2 heterocycles. The van der Waals surface area contributed by atoms with Gasteiger partial charge >= 0.3 is 0 Å². The normalized spacial score (nSPS) is 25.9. The Kier molecular flexibility index (Phi) is 4.97. The van der Waals surface area contributed by atoms with Gasteiger partial charge in [0, 0.05) is 13.1 Å². The fourth-order valence-corrected chi connectivity index (χ4v) is 4.08. The summed E-state index contributed by atoms with van der Waals surface area (Å²) in [5.74, 6) is 0.591. The number of hydrogen-bond donors (Lipinski definition) is 2. The van der Waals surface area contributed by atoms with Crippen LogP contribution in [0.3, 0.4) is 0 Å². The lowest BCUT2D eigenvalue weighted by molar-refractivity contribution is -0.136. The largest absolute Gasteiger partial charge is 0.391 e. The van der Waals surface area contributed by atoms with Crippen molar-refractivity contribution in [3.8, 4) is 0 Å². The van der Waals surface area contributed by atoms with Gasteiger partial charge in [-0.2, -0.15) is 0 Å². The predicted molar refractivity (Wildman–Crippen MR) is 96.1 cm³/mol. The third-order valence-electron chi connectivity index (χ3n) is 5.47. The Labute approximate surface area is 145 Å². The summed E-state index contributed by atoms with van der Waals surface area (Å²) in [6.45, 7) is 9.08. The Bertz CT molecular complexity index is 586. The lowest BCUT2D eigenvalue weighted by Gasteiger charge is -2.36. The number of carbonyl (C=O) groups is 1. The van der Waals surface area contributed by atoms with Crippen LogP contribution in [0.1, 0.15) is 57.1 Å². The molecule has 0 radical (unpaired) electrons. The number of aliphatic hydroxyl groups excluding tert-OH is 1. The number of carbonyl (C=O) groups excluding carboxylic acids is 1. The highest BCUT2D eigenvalue weighted by Gasteiger charge is 2.36. The van der Waals surface area contributed by atoms with Crippen molar-refractivity contribution in [2.45, 2.75) is 63.5 Å². The minimum Gasteiger partial charge on any atom is -0.391 e. The molecule has 2 N–H and O–H groups in total. The molecule has 2 fully saturated rings. The molecule has 2 saturated heterocycles. The maximum Gasteiger partial charge on any atom is 0.242 e. The molecule has 0 aliphatic carbocycles. The Morgan fingerprint density at radius 2 is 1.83 bits per heavy atom. The summed E-state index contributed by atoms with van der Waals surface area (Å²) in [6, 6.07) is 8.34. The molecule has 0 bridgehead atoms. The van der Waals surface area contributed by atoms with Crippen LogP contribution in [-0.4, -0.2) is 47.7 Å². The van der Waals surface area contributed by atoms with Crippen LogP contribution in [-0.2, 0) is 10.2 Å². The molecule has 0 spiro atoms. The van der Waals surface area contributed by atoms with Crippen molar-refractivity contribution in [2.24, 2.45) is 0 Å². The van der Waals surface area contributed by atoms with E-state index < -0.39 is 12.1 Å². The van der Waals surface area contributed by atoms with Gasteiger partial charge in [0.15, 0.2) is 0 Å². The zero-order valence-electron chi connectivity index (χ0n) is 15.1. The van der Waals surface area contributed by atoms with Gasteiger partial charge in [-0.25, -0.2) is 0 Å². The number of piperidine rings is 1. The molecule has 0 saturated carbocycles. The van der Waals surface area contributed by atoms with E-state index in [9.17, 15) is 9.90 Å². The first-order valence-corrected chi connectivity index (χ1v) is 9.17. The van der Waals surface area contributed by atoms with Crippen molar-refractivity contribution >= 4 is 5.91 Å². The molecule has 0 aromatic heterocycles. The molecule has 4 heteroatoms. The smallest absolute Gasteiger partial charge is 0.242 e. The van der Waals surface area contributed by atoms with Crippen LogP contribution in [0.4, 0.5) is 0 Å². The number of aliphatic hydroxyl groups is 1. The van der Waals surface area contributed by atoms with E-state index in [1.165, 1.54) is 11.1 Å². The molecular weight excluding hydrogens is 300 g/mol. The van der Waals surface area contributed by atoms with Gasteiger partial charge < -0.3 is 15.3 Å². The first kappa shape index (κ1) is 17.4. The monoisotopic (exact) mass is 330 g/mol. The van der Waals surface area contributed by atoms with Crippen LogP contribution in [0.15, 0.2) is 24.3 Å².